The molecule has 6 nitrogen and oxygen atoms in total. The van der Waals surface area contributed by atoms with Crippen LogP contribution in [-0.4, -0.2) is 28.0 Å². The zero-order chi connectivity index (χ0) is 16.1. The fraction of sp³-hybridized carbons (Fsp3) is 0.214. The number of hydrogen-bond donors (Lipinski definition) is 1. The van der Waals surface area contributed by atoms with Crippen LogP contribution in [0, 0.1) is 0 Å². The lowest BCUT2D eigenvalue weighted by Gasteiger charge is -2.14. The first-order chi connectivity index (χ1) is 10.5. The Hall–Kier alpha value is -2.05. The lowest BCUT2D eigenvalue weighted by Crippen LogP contribution is -2.33. The van der Waals surface area contributed by atoms with Crippen LogP contribution >= 0.6 is 23.2 Å². The fourth-order valence-electron chi connectivity index (χ4n) is 1.58. The maximum Gasteiger partial charge on any atom is 0.280 e. The maximum absolute atomic E-state index is 11.9. The number of ether oxygens (including phenoxy) is 1. The van der Waals surface area contributed by atoms with E-state index in [1.54, 1.807) is 49.1 Å². The lowest BCUT2D eigenvalue weighted by molar-refractivity contribution is -0.127. The number of nitrogens with zero attached hydrogens (tertiary/aromatic N) is 3. The number of rotatable bonds is 5. The SMILES string of the molecule is CC(Oc1cc(Cl)ccc1Cl)C(=O)N/N=C\c1ccnn1C. The number of aromatic nitrogens is 2. The molecule has 1 unspecified atom stereocenters. The standard InChI is InChI=1S/C14H14Cl2N4O2/c1-9(22-13-7-10(15)3-4-12(13)16)14(21)19-17-8-11-5-6-18-20(11)2/h3-9H,1-2H3,(H,19,21)/b17-8-. The molecule has 1 atom stereocenters. The van der Waals surface area contributed by atoms with Gasteiger partial charge in [0.05, 0.1) is 16.9 Å². The Labute approximate surface area is 137 Å². The Kier molecular flexibility index (Phi) is 5.41. The molecule has 1 aromatic carbocycles. The van der Waals surface area contributed by atoms with E-state index < -0.39 is 12.0 Å². The molecule has 0 saturated heterocycles. The molecule has 0 saturated carbocycles. The van der Waals surface area contributed by atoms with Crippen molar-refractivity contribution in [3.05, 3.63) is 46.2 Å². The minimum Gasteiger partial charge on any atom is -0.479 e. The van der Waals surface area contributed by atoms with Gasteiger partial charge in [-0.05, 0) is 25.1 Å². The summed E-state index contributed by atoms with van der Waals surface area (Å²) in [4.78, 5) is 11.9. The second-order valence-corrected chi connectivity index (χ2v) is 5.29. The van der Waals surface area contributed by atoms with Crippen LogP contribution in [0.5, 0.6) is 5.75 Å². The minimum atomic E-state index is -0.778. The second kappa shape index (κ2) is 7.29. The largest absolute Gasteiger partial charge is 0.479 e. The smallest absolute Gasteiger partial charge is 0.280 e. The van der Waals surface area contributed by atoms with E-state index in [0.717, 1.165) is 5.69 Å². The van der Waals surface area contributed by atoms with E-state index in [-0.39, 0.29) is 0 Å². The van der Waals surface area contributed by atoms with Crippen LogP contribution in [0.25, 0.3) is 0 Å². The van der Waals surface area contributed by atoms with Crippen molar-refractivity contribution in [1.82, 2.24) is 15.2 Å². The molecule has 1 N–H and O–H groups in total. The Balaban J connectivity index is 1.93. The van der Waals surface area contributed by atoms with Crippen molar-refractivity contribution in [3.63, 3.8) is 0 Å². The molecule has 0 aliphatic heterocycles. The minimum absolute atomic E-state index is 0.340. The molecule has 1 amide bonds. The molecule has 1 aromatic heterocycles. The molecule has 8 heteroatoms. The molecule has 0 fully saturated rings. The number of amides is 1. The van der Waals surface area contributed by atoms with E-state index in [9.17, 15) is 4.79 Å². The number of hydrogen-bond acceptors (Lipinski definition) is 4. The van der Waals surface area contributed by atoms with Crippen LogP contribution < -0.4 is 10.2 Å². The summed E-state index contributed by atoms with van der Waals surface area (Å²) in [5.74, 6) is -0.0677. The highest BCUT2D eigenvalue weighted by Crippen LogP contribution is 2.28. The van der Waals surface area contributed by atoms with Gasteiger partial charge < -0.3 is 4.74 Å². The van der Waals surface area contributed by atoms with Gasteiger partial charge in [0, 0.05) is 24.3 Å². The molecule has 0 spiro atoms. The summed E-state index contributed by atoms with van der Waals surface area (Å²) >= 11 is 11.8. The number of benzene rings is 1. The predicted octanol–water partition coefficient (Wildman–Crippen LogP) is 2.64. The van der Waals surface area contributed by atoms with Crippen LogP contribution in [0.3, 0.4) is 0 Å². The monoisotopic (exact) mass is 340 g/mol. The summed E-state index contributed by atoms with van der Waals surface area (Å²) < 4.78 is 7.11. The average Bonchev–Trinajstić information content (AvgIpc) is 2.88. The molecule has 116 valence electrons. The molecular formula is C14H14Cl2N4O2. The number of carbonyl (C=O) groups excluding carboxylic acids is 1. The third-order valence-corrected chi connectivity index (χ3v) is 3.34. The van der Waals surface area contributed by atoms with E-state index >= 15 is 0 Å². The van der Waals surface area contributed by atoms with Gasteiger partial charge >= 0.3 is 0 Å². The molecule has 1 heterocycles. The number of nitrogens with one attached hydrogen (secondary N) is 1. The number of halogens is 2. The van der Waals surface area contributed by atoms with Crippen LogP contribution in [0.15, 0.2) is 35.6 Å². The van der Waals surface area contributed by atoms with Gasteiger partial charge in [-0.1, -0.05) is 23.2 Å². The fourth-order valence-corrected chi connectivity index (χ4v) is 1.90. The quantitative estimate of drug-likeness (QED) is 0.671. The van der Waals surface area contributed by atoms with Crippen molar-refractivity contribution in [2.45, 2.75) is 13.0 Å². The first-order valence-electron chi connectivity index (χ1n) is 6.40. The topological polar surface area (TPSA) is 68.5 Å². The zero-order valence-electron chi connectivity index (χ0n) is 12.0. The van der Waals surface area contributed by atoms with E-state index in [1.807, 2.05) is 0 Å². The molecule has 0 aliphatic carbocycles. The lowest BCUT2D eigenvalue weighted by atomic mass is 10.3. The number of carbonyl (C=O) groups is 1. The van der Waals surface area contributed by atoms with E-state index in [2.05, 4.69) is 15.6 Å². The van der Waals surface area contributed by atoms with Crippen molar-refractivity contribution in [2.75, 3.05) is 0 Å². The summed E-state index contributed by atoms with van der Waals surface area (Å²) in [6, 6.07) is 6.55. The summed E-state index contributed by atoms with van der Waals surface area (Å²) in [7, 11) is 1.77. The van der Waals surface area contributed by atoms with Crippen molar-refractivity contribution in [1.29, 1.82) is 0 Å². The van der Waals surface area contributed by atoms with Gasteiger partial charge in [-0.2, -0.15) is 10.2 Å². The highest BCUT2D eigenvalue weighted by molar-refractivity contribution is 6.34. The van der Waals surface area contributed by atoms with Crippen LogP contribution in [0.2, 0.25) is 10.0 Å². The van der Waals surface area contributed by atoms with Crippen molar-refractivity contribution in [3.8, 4) is 5.75 Å². The van der Waals surface area contributed by atoms with Crippen molar-refractivity contribution < 1.29 is 9.53 Å². The third kappa shape index (κ3) is 4.22. The van der Waals surface area contributed by atoms with Gasteiger partial charge in [0.15, 0.2) is 6.10 Å². The van der Waals surface area contributed by atoms with Gasteiger partial charge in [-0.25, -0.2) is 5.43 Å². The Morgan fingerprint density at radius 2 is 2.23 bits per heavy atom. The number of aryl methyl sites for hydroxylation is 1. The Bertz CT molecular complexity index is 700. The maximum atomic E-state index is 11.9. The normalized spacial score (nSPS) is 12.4. The molecule has 0 aliphatic rings. The van der Waals surface area contributed by atoms with Gasteiger partial charge in [0.2, 0.25) is 0 Å². The zero-order valence-corrected chi connectivity index (χ0v) is 13.5. The van der Waals surface area contributed by atoms with Gasteiger partial charge in [-0.3, -0.25) is 9.48 Å². The highest BCUT2D eigenvalue weighted by Gasteiger charge is 2.15. The molecule has 2 rings (SSSR count). The van der Waals surface area contributed by atoms with Gasteiger partial charge in [0.25, 0.3) is 5.91 Å². The summed E-state index contributed by atoms with van der Waals surface area (Å²) in [5, 5.41) is 8.69. The summed E-state index contributed by atoms with van der Waals surface area (Å²) in [6.45, 7) is 1.59. The van der Waals surface area contributed by atoms with Gasteiger partial charge in [-0.15, -0.1) is 0 Å². The van der Waals surface area contributed by atoms with Gasteiger partial charge in [0.1, 0.15) is 5.75 Å². The summed E-state index contributed by atoms with van der Waals surface area (Å²) in [6.07, 6.45) is 2.35. The van der Waals surface area contributed by atoms with E-state index in [0.29, 0.717) is 15.8 Å². The van der Waals surface area contributed by atoms with Crippen LogP contribution in [0.4, 0.5) is 0 Å². The molecule has 2 aromatic rings. The van der Waals surface area contributed by atoms with Crippen LogP contribution in [0.1, 0.15) is 12.6 Å². The molecule has 0 radical (unpaired) electrons. The predicted molar refractivity (Wildman–Crippen MR) is 85.5 cm³/mol. The molecule has 0 bridgehead atoms. The first-order valence-corrected chi connectivity index (χ1v) is 7.15. The molecular weight excluding hydrogens is 327 g/mol. The highest BCUT2D eigenvalue weighted by atomic mass is 35.5. The average molecular weight is 341 g/mol. The van der Waals surface area contributed by atoms with E-state index in [1.165, 1.54) is 6.21 Å². The third-order valence-electron chi connectivity index (χ3n) is 2.80. The van der Waals surface area contributed by atoms with E-state index in [4.69, 9.17) is 27.9 Å². The van der Waals surface area contributed by atoms with Crippen LogP contribution in [-0.2, 0) is 11.8 Å². The Morgan fingerprint density at radius 3 is 2.91 bits per heavy atom. The van der Waals surface area contributed by atoms with Crippen molar-refractivity contribution in [2.24, 2.45) is 12.1 Å². The Morgan fingerprint density at radius 1 is 1.45 bits per heavy atom. The first kappa shape index (κ1) is 16.3. The second-order valence-electron chi connectivity index (χ2n) is 4.45. The molecule has 22 heavy (non-hydrogen) atoms. The van der Waals surface area contributed by atoms with Crippen molar-refractivity contribution >= 4 is 35.3 Å². The number of hydrazone groups is 1. The summed E-state index contributed by atoms with van der Waals surface area (Å²) in [5.41, 5.74) is 3.15.